The van der Waals surface area contributed by atoms with Crippen LogP contribution in [0.5, 0.6) is 0 Å². The quantitative estimate of drug-likeness (QED) is 0.935. The predicted molar refractivity (Wildman–Crippen MR) is 81.6 cm³/mol. The highest BCUT2D eigenvalue weighted by atomic mass is 15.3. The summed E-state index contributed by atoms with van der Waals surface area (Å²) in [6, 6.07) is 0.717. The lowest BCUT2D eigenvalue weighted by molar-refractivity contribution is 0.637. The summed E-state index contributed by atoms with van der Waals surface area (Å²) < 4.78 is 4.29. The molecule has 5 nitrogen and oxygen atoms in total. The van der Waals surface area contributed by atoms with Crippen LogP contribution in [0.1, 0.15) is 48.3 Å². The fourth-order valence-corrected chi connectivity index (χ4v) is 3.38. The average molecular weight is 285 g/mol. The van der Waals surface area contributed by atoms with Gasteiger partial charge >= 0.3 is 0 Å². The maximum Gasteiger partial charge on any atom is 0.140 e. The molecule has 0 aliphatic heterocycles. The van der Waals surface area contributed by atoms with Crippen molar-refractivity contribution in [2.24, 2.45) is 7.05 Å². The van der Waals surface area contributed by atoms with Crippen molar-refractivity contribution < 1.29 is 0 Å². The van der Waals surface area contributed by atoms with Gasteiger partial charge in [0.05, 0.1) is 11.4 Å². The zero-order valence-corrected chi connectivity index (χ0v) is 12.9. The maximum atomic E-state index is 4.64. The van der Waals surface area contributed by atoms with E-state index in [9.17, 15) is 0 Å². The topological polar surface area (TPSA) is 47.7 Å². The van der Waals surface area contributed by atoms with E-state index < -0.39 is 0 Å². The van der Waals surface area contributed by atoms with Crippen molar-refractivity contribution in [3.05, 3.63) is 29.0 Å². The maximum absolute atomic E-state index is 4.64. The zero-order valence-electron chi connectivity index (χ0n) is 12.9. The van der Waals surface area contributed by atoms with Gasteiger partial charge in [-0.15, -0.1) is 0 Å². The lowest BCUT2D eigenvalue weighted by atomic mass is 10.0. The van der Waals surface area contributed by atoms with E-state index in [1.54, 1.807) is 0 Å². The van der Waals surface area contributed by atoms with Crippen molar-refractivity contribution >= 4 is 0 Å². The molecule has 112 valence electrons. The molecule has 4 rings (SSSR count). The summed E-state index contributed by atoms with van der Waals surface area (Å²) >= 11 is 0. The van der Waals surface area contributed by atoms with E-state index in [1.165, 1.54) is 48.5 Å². The van der Waals surface area contributed by atoms with Crippen LogP contribution in [0.2, 0.25) is 0 Å². The van der Waals surface area contributed by atoms with Gasteiger partial charge in [-0.05, 0) is 45.4 Å². The number of aromatic nitrogens is 4. The SMILES string of the molecule is Cc1nn(C)c(-n2cnc3c2CCCC3)c1CNC1CC1. The summed E-state index contributed by atoms with van der Waals surface area (Å²) in [6.45, 7) is 3.02. The van der Waals surface area contributed by atoms with Gasteiger partial charge in [0, 0.05) is 30.9 Å². The molecule has 1 fully saturated rings. The molecule has 2 heterocycles. The predicted octanol–water partition coefficient (Wildman–Crippen LogP) is 2.05. The second-order valence-electron chi connectivity index (χ2n) is 6.38. The number of nitrogens with one attached hydrogen (secondary N) is 1. The largest absolute Gasteiger partial charge is 0.310 e. The lowest BCUT2D eigenvalue weighted by Gasteiger charge is -2.15. The highest BCUT2D eigenvalue weighted by Crippen LogP contribution is 2.27. The van der Waals surface area contributed by atoms with Crippen LogP contribution in [0.4, 0.5) is 0 Å². The molecule has 0 saturated heterocycles. The van der Waals surface area contributed by atoms with Crippen LogP contribution >= 0.6 is 0 Å². The number of aryl methyl sites for hydroxylation is 3. The first kappa shape index (κ1) is 13.1. The summed E-state index contributed by atoms with van der Waals surface area (Å²) in [5.41, 5.74) is 5.10. The molecule has 0 bridgehead atoms. The van der Waals surface area contributed by atoms with E-state index in [4.69, 9.17) is 0 Å². The monoisotopic (exact) mass is 285 g/mol. The summed E-state index contributed by atoms with van der Waals surface area (Å²) in [4.78, 5) is 4.63. The molecule has 1 N–H and O–H groups in total. The van der Waals surface area contributed by atoms with Crippen molar-refractivity contribution in [1.82, 2.24) is 24.6 Å². The van der Waals surface area contributed by atoms with Gasteiger partial charge in [0.25, 0.3) is 0 Å². The van der Waals surface area contributed by atoms with Crippen molar-refractivity contribution in [3.63, 3.8) is 0 Å². The third kappa shape index (κ3) is 2.29. The van der Waals surface area contributed by atoms with Gasteiger partial charge in [-0.2, -0.15) is 5.10 Å². The van der Waals surface area contributed by atoms with Gasteiger partial charge in [-0.25, -0.2) is 4.98 Å². The minimum Gasteiger partial charge on any atom is -0.310 e. The first-order chi connectivity index (χ1) is 10.2. The van der Waals surface area contributed by atoms with Crippen LogP contribution in [0.3, 0.4) is 0 Å². The van der Waals surface area contributed by atoms with E-state index >= 15 is 0 Å². The average Bonchev–Trinajstić information content (AvgIpc) is 3.15. The zero-order chi connectivity index (χ0) is 14.4. The molecule has 0 unspecified atom stereocenters. The summed E-state index contributed by atoms with van der Waals surface area (Å²) in [6.07, 6.45) is 9.41. The van der Waals surface area contributed by atoms with Crippen molar-refractivity contribution in [2.75, 3.05) is 0 Å². The molecule has 2 aliphatic carbocycles. The first-order valence-corrected chi connectivity index (χ1v) is 8.05. The van der Waals surface area contributed by atoms with Crippen LogP contribution in [-0.4, -0.2) is 25.4 Å². The van der Waals surface area contributed by atoms with Gasteiger partial charge in [-0.3, -0.25) is 9.25 Å². The molecular formula is C16H23N5. The Morgan fingerprint density at radius 3 is 2.90 bits per heavy atom. The van der Waals surface area contributed by atoms with Crippen LogP contribution in [-0.2, 0) is 26.4 Å². The lowest BCUT2D eigenvalue weighted by Crippen LogP contribution is -2.18. The molecule has 21 heavy (non-hydrogen) atoms. The smallest absolute Gasteiger partial charge is 0.140 e. The fraction of sp³-hybridized carbons (Fsp3) is 0.625. The number of hydrogen-bond acceptors (Lipinski definition) is 3. The molecule has 0 atom stereocenters. The Labute approximate surface area is 125 Å². The molecule has 2 aromatic rings. The normalized spacial score (nSPS) is 18.0. The third-order valence-corrected chi connectivity index (χ3v) is 4.72. The molecule has 2 aliphatic rings. The van der Waals surface area contributed by atoms with Crippen LogP contribution in [0.25, 0.3) is 5.82 Å². The molecule has 0 aromatic carbocycles. The van der Waals surface area contributed by atoms with Crippen LogP contribution in [0.15, 0.2) is 6.33 Å². The summed E-state index contributed by atoms with van der Waals surface area (Å²) in [5.74, 6) is 1.19. The van der Waals surface area contributed by atoms with E-state index in [-0.39, 0.29) is 0 Å². The number of nitrogens with zero attached hydrogens (tertiary/aromatic N) is 4. The Kier molecular flexibility index (Phi) is 3.10. The molecule has 0 amide bonds. The Bertz CT molecular complexity index is 663. The van der Waals surface area contributed by atoms with Gasteiger partial charge in [0.2, 0.25) is 0 Å². The van der Waals surface area contributed by atoms with Gasteiger partial charge < -0.3 is 5.32 Å². The molecule has 0 spiro atoms. The van der Waals surface area contributed by atoms with Crippen LogP contribution < -0.4 is 5.32 Å². The second kappa shape index (κ2) is 4.98. The highest BCUT2D eigenvalue weighted by Gasteiger charge is 2.24. The minimum atomic E-state index is 0.717. The minimum absolute atomic E-state index is 0.717. The van der Waals surface area contributed by atoms with Crippen molar-refractivity contribution in [1.29, 1.82) is 0 Å². The van der Waals surface area contributed by atoms with Crippen molar-refractivity contribution in [2.45, 2.75) is 58.0 Å². The van der Waals surface area contributed by atoms with E-state index in [1.807, 2.05) is 18.1 Å². The Morgan fingerprint density at radius 1 is 1.29 bits per heavy atom. The van der Waals surface area contributed by atoms with Gasteiger partial charge in [0.15, 0.2) is 0 Å². The molecule has 5 heteroatoms. The molecule has 0 radical (unpaired) electrons. The Hall–Kier alpha value is -1.62. The molecular weight excluding hydrogens is 262 g/mol. The van der Waals surface area contributed by atoms with Crippen LogP contribution in [0, 0.1) is 6.92 Å². The van der Waals surface area contributed by atoms with Gasteiger partial charge in [0.1, 0.15) is 12.1 Å². The second-order valence-corrected chi connectivity index (χ2v) is 6.38. The fourth-order valence-electron chi connectivity index (χ4n) is 3.38. The standard InChI is InChI=1S/C16H23N5/c1-11-13(9-17-12-7-8-12)16(20(2)19-11)21-10-18-14-5-3-4-6-15(14)21/h10,12,17H,3-9H2,1-2H3. The van der Waals surface area contributed by atoms with E-state index in [0.717, 1.165) is 25.1 Å². The van der Waals surface area contributed by atoms with E-state index in [0.29, 0.717) is 6.04 Å². The Balaban J connectivity index is 1.74. The highest BCUT2D eigenvalue weighted by molar-refractivity contribution is 5.41. The number of hydrogen-bond donors (Lipinski definition) is 1. The number of imidazole rings is 1. The summed E-state index contributed by atoms with van der Waals surface area (Å²) in [5, 5.41) is 8.26. The van der Waals surface area contributed by atoms with E-state index in [2.05, 4.69) is 26.9 Å². The molecule has 2 aromatic heterocycles. The Morgan fingerprint density at radius 2 is 2.10 bits per heavy atom. The summed E-state index contributed by atoms with van der Waals surface area (Å²) in [7, 11) is 2.04. The number of fused-ring (bicyclic) bond motifs is 1. The third-order valence-electron chi connectivity index (χ3n) is 4.72. The first-order valence-electron chi connectivity index (χ1n) is 8.05. The number of rotatable bonds is 4. The van der Waals surface area contributed by atoms with Gasteiger partial charge in [-0.1, -0.05) is 0 Å². The van der Waals surface area contributed by atoms with Crippen molar-refractivity contribution in [3.8, 4) is 5.82 Å². The molecule has 1 saturated carbocycles.